The van der Waals surface area contributed by atoms with Gasteiger partial charge < -0.3 is 12.9 Å². The van der Waals surface area contributed by atoms with Crippen LogP contribution >= 0.6 is 0 Å². The van der Waals surface area contributed by atoms with Crippen molar-refractivity contribution in [1.82, 2.24) is 0 Å². The lowest BCUT2D eigenvalue weighted by Crippen LogP contribution is -2.67. The second-order valence-electron chi connectivity index (χ2n) is 4.13. The maximum absolute atomic E-state index is 12.2. The van der Waals surface area contributed by atoms with Crippen LogP contribution in [0.2, 0.25) is 5.31 Å². The van der Waals surface area contributed by atoms with Gasteiger partial charge in [-0.05, 0) is 0 Å². The molecule has 3 fully saturated rings. The van der Waals surface area contributed by atoms with Crippen molar-refractivity contribution in [3.63, 3.8) is 0 Å². The van der Waals surface area contributed by atoms with E-state index >= 15 is 0 Å². The molecule has 12 heavy (non-hydrogen) atoms. The second-order valence-corrected chi connectivity index (χ2v) is 4.13. The van der Waals surface area contributed by atoms with Crippen molar-refractivity contribution in [2.24, 2.45) is 5.41 Å². The molecule has 0 saturated heterocycles. The van der Waals surface area contributed by atoms with Gasteiger partial charge in [0.25, 0.3) is 0 Å². The fraction of sp³-hybridized carbons (Fsp3) is 1.00. The molecule has 2 bridgehead atoms. The van der Waals surface area contributed by atoms with Gasteiger partial charge in [-0.15, -0.1) is 0 Å². The van der Waals surface area contributed by atoms with Crippen molar-refractivity contribution in [1.29, 1.82) is 0 Å². The van der Waals surface area contributed by atoms with Gasteiger partial charge in [0.15, 0.2) is 0 Å². The van der Waals surface area contributed by atoms with E-state index in [1.165, 1.54) is 0 Å². The number of hydrogen-bond donors (Lipinski definition) is 0. The summed E-state index contributed by atoms with van der Waals surface area (Å²) in [6.07, 6.45) is -3.57. The van der Waals surface area contributed by atoms with Gasteiger partial charge in [-0.25, -0.2) is 8.78 Å². The Hall–Kier alpha value is -0.285. The van der Waals surface area contributed by atoms with Gasteiger partial charge >= 0.3 is 6.98 Å². The first-order valence-electron chi connectivity index (χ1n) is 3.79. The van der Waals surface area contributed by atoms with Crippen molar-refractivity contribution in [2.45, 2.75) is 31.0 Å². The summed E-state index contributed by atoms with van der Waals surface area (Å²) in [5, 5.41) is -1.67. The summed E-state index contributed by atoms with van der Waals surface area (Å²) in [5.41, 5.74) is -1.25. The minimum Gasteiger partial charge on any atom is -0.449 e. The molecule has 0 spiro atoms. The van der Waals surface area contributed by atoms with Crippen LogP contribution < -0.4 is 0 Å². The van der Waals surface area contributed by atoms with Crippen LogP contribution in [0, 0.1) is 5.41 Å². The molecule has 0 unspecified atom stereocenters. The molecule has 0 atom stereocenters. The molecule has 0 heterocycles. The van der Waals surface area contributed by atoms with E-state index in [0.717, 1.165) is 0 Å². The lowest BCUT2D eigenvalue weighted by molar-refractivity contribution is -0.200. The molecule has 0 aromatic rings. The van der Waals surface area contributed by atoms with E-state index < -0.39 is 24.1 Å². The van der Waals surface area contributed by atoms with Gasteiger partial charge in [0.2, 0.25) is 6.43 Å². The van der Waals surface area contributed by atoms with Crippen molar-refractivity contribution in [3.05, 3.63) is 0 Å². The minimum atomic E-state index is -4.90. The topological polar surface area (TPSA) is 0 Å². The molecule has 3 aliphatic rings. The lowest BCUT2D eigenvalue weighted by Gasteiger charge is -2.74. The largest absolute Gasteiger partial charge is 0.484 e. The predicted molar refractivity (Wildman–Crippen MR) is 34.1 cm³/mol. The fourth-order valence-electron chi connectivity index (χ4n) is 2.53. The van der Waals surface area contributed by atoms with Crippen molar-refractivity contribution >= 4 is 6.98 Å². The van der Waals surface area contributed by atoms with Gasteiger partial charge in [-0.3, -0.25) is 0 Å². The lowest BCUT2D eigenvalue weighted by atomic mass is 9.24. The Morgan fingerprint density at radius 2 is 1.42 bits per heavy atom. The minimum absolute atomic E-state index is 0.332. The maximum atomic E-state index is 12.2. The molecular formula is C6H7BF5-. The van der Waals surface area contributed by atoms with E-state index in [0.29, 0.717) is 0 Å². The summed E-state index contributed by atoms with van der Waals surface area (Å²) < 4.78 is 60.7. The van der Waals surface area contributed by atoms with Gasteiger partial charge in [-0.1, -0.05) is 24.6 Å². The van der Waals surface area contributed by atoms with Gasteiger partial charge in [0.1, 0.15) is 0 Å². The van der Waals surface area contributed by atoms with Crippen LogP contribution in [0.25, 0.3) is 0 Å². The van der Waals surface area contributed by atoms with Crippen LogP contribution in [-0.2, 0) is 0 Å². The summed E-state index contributed by atoms with van der Waals surface area (Å²) in [5.74, 6) is 0. The average Bonchev–Trinajstić information content (AvgIpc) is 1.46. The van der Waals surface area contributed by atoms with Crippen LogP contribution in [-0.4, -0.2) is 13.4 Å². The molecule has 3 rings (SSSR count). The number of alkyl halides is 2. The standard InChI is InChI=1S/C6H7BF5/c8-4(9)5-1-6(2-5,3-5)7(10,11)12/h4H,1-3H2/q-1. The Balaban J connectivity index is 2.05. The molecule has 0 aliphatic heterocycles. The highest BCUT2D eigenvalue weighted by Gasteiger charge is 2.76. The first-order valence-corrected chi connectivity index (χ1v) is 3.79. The van der Waals surface area contributed by atoms with Crippen molar-refractivity contribution in [3.8, 4) is 0 Å². The smallest absolute Gasteiger partial charge is 0.449 e. The summed E-state index contributed by atoms with van der Waals surface area (Å²) in [6, 6.07) is 0. The molecule has 3 saturated carbocycles. The second kappa shape index (κ2) is 1.80. The third-order valence-electron chi connectivity index (χ3n) is 3.27. The van der Waals surface area contributed by atoms with E-state index in [2.05, 4.69) is 0 Å². The fourth-order valence-corrected chi connectivity index (χ4v) is 2.53. The highest BCUT2D eigenvalue weighted by molar-refractivity contribution is 6.63. The molecular weight excluding hydrogens is 178 g/mol. The molecule has 0 N–H and O–H groups in total. The third kappa shape index (κ3) is 0.689. The molecule has 70 valence electrons. The predicted octanol–water partition coefficient (Wildman–Crippen LogP) is 3.02. The highest BCUT2D eigenvalue weighted by atomic mass is 19.4. The molecule has 3 aliphatic carbocycles. The summed E-state index contributed by atoms with van der Waals surface area (Å²) in [4.78, 5) is 0. The Morgan fingerprint density at radius 1 is 1.00 bits per heavy atom. The number of rotatable bonds is 2. The van der Waals surface area contributed by atoms with Crippen LogP contribution in [0.5, 0.6) is 0 Å². The molecule has 0 nitrogen and oxygen atoms in total. The van der Waals surface area contributed by atoms with E-state index in [9.17, 15) is 21.7 Å². The molecule has 0 amide bonds. The normalized spacial score (nSPS) is 45.5. The summed E-state index contributed by atoms with van der Waals surface area (Å²) in [7, 11) is 0. The Bertz CT molecular complexity index is 201. The van der Waals surface area contributed by atoms with Gasteiger partial charge in [0.05, 0.1) is 0 Å². The van der Waals surface area contributed by atoms with Crippen LogP contribution in [0.4, 0.5) is 21.7 Å². The van der Waals surface area contributed by atoms with Gasteiger partial charge in [0, 0.05) is 5.41 Å². The van der Waals surface area contributed by atoms with Gasteiger partial charge in [-0.2, -0.15) is 0 Å². The van der Waals surface area contributed by atoms with Crippen molar-refractivity contribution in [2.75, 3.05) is 0 Å². The molecule has 0 aromatic heterocycles. The van der Waals surface area contributed by atoms with Crippen LogP contribution in [0.1, 0.15) is 19.3 Å². The maximum Gasteiger partial charge on any atom is 0.484 e. The Morgan fingerprint density at radius 3 is 1.67 bits per heavy atom. The first-order chi connectivity index (χ1) is 5.31. The Labute approximate surface area is 66.2 Å². The summed E-state index contributed by atoms with van der Waals surface area (Å²) >= 11 is 0. The third-order valence-corrected chi connectivity index (χ3v) is 3.27. The first kappa shape index (κ1) is 8.32. The van der Waals surface area contributed by atoms with E-state index in [1.807, 2.05) is 0 Å². The van der Waals surface area contributed by atoms with E-state index in [1.54, 1.807) is 0 Å². The van der Waals surface area contributed by atoms with Crippen LogP contribution in [0.3, 0.4) is 0 Å². The number of halogens is 5. The van der Waals surface area contributed by atoms with E-state index in [-0.39, 0.29) is 19.3 Å². The number of hydrogen-bond acceptors (Lipinski definition) is 0. The summed E-state index contributed by atoms with van der Waals surface area (Å²) in [6.45, 7) is -4.90. The zero-order chi connectivity index (χ0) is 9.20. The molecule has 0 radical (unpaired) electrons. The average molecular weight is 185 g/mol. The zero-order valence-electron chi connectivity index (χ0n) is 6.17. The van der Waals surface area contributed by atoms with Crippen molar-refractivity contribution < 1.29 is 21.7 Å². The SMILES string of the molecule is FC(F)C12CC([B-](F)(F)F)(C1)C2. The zero-order valence-corrected chi connectivity index (χ0v) is 6.17. The quantitative estimate of drug-likeness (QED) is 0.458. The monoisotopic (exact) mass is 185 g/mol. The Kier molecular flexibility index (Phi) is 1.25. The molecule has 0 aromatic carbocycles. The van der Waals surface area contributed by atoms with E-state index in [4.69, 9.17) is 0 Å². The van der Waals surface area contributed by atoms with Crippen LogP contribution in [0.15, 0.2) is 0 Å². The molecule has 6 heteroatoms. The highest BCUT2D eigenvalue weighted by Crippen LogP contribution is 2.84.